The molecule has 2 heterocycles. The molecule has 0 bridgehead atoms. The molecule has 1 aliphatic rings. The Morgan fingerprint density at radius 3 is 2.38 bits per heavy atom. The smallest absolute Gasteiger partial charge is 0.339 e. The Balaban J connectivity index is 2.26. The highest BCUT2D eigenvalue weighted by atomic mass is 32.2. The van der Waals surface area contributed by atoms with Crippen LogP contribution in [0.3, 0.4) is 0 Å². The van der Waals surface area contributed by atoms with Crippen LogP contribution in [0.1, 0.15) is 31.5 Å². The van der Waals surface area contributed by atoms with Crippen LogP contribution in [0.15, 0.2) is 6.20 Å². The first-order chi connectivity index (χ1) is 10.7. The van der Waals surface area contributed by atoms with E-state index >= 15 is 0 Å². The minimum absolute atomic E-state index is 0.0759. The lowest BCUT2D eigenvalue weighted by Gasteiger charge is -2.29. The van der Waals surface area contributed by atoms with Gasteiger partial charge in [0.25, 0.3) is 0 Å². The number of hydrogen-bond acceptors (Lipinski definition) is 4. The number of amides is 1. The van der Waals surface area contributed by atoms with Crippen molar-refractivity contribution in [3.63, 3.8) is 0 Å². The fourth-order valence-corrected chi connectivity index (χ4v) is 3.51. The molecule has 0 saturated carbocycles. The Hall–Kier alpha value is -1.62. The van der Waals surface area contributed by atoms with Crippen LogP contribution in [-0.4, -0.2) is 47.3 Å². The van der Waals surface area contributed by atoms with Gasteiger partial charge in [-0.05, 0) is 32.8 Å². The van der Waals surface area contributed by atoms with Crippen molar-refractivity contribution >= 4 is 15.9 Å². The highest BCUT2D eigenvalue weighted by Crippen LogP contribution is 2.32. The van der Waals surface area contributed by atoms with Crippen LogP contribution < -0.4 is 5.14 Å². The van der Waals surface area contributed by atoms with Crippen molar-refractivity contribution in [3.8, 4) is 0 Å². The third-order valence-electron chi connectivity index (χ3n) is 4.16. The fourth-order valence-electron chi connectivity index (χ4n) is 2.69. The van der Waals surface area contributed by atoms with E-state index in [0.29, 0.717) is 0 Å². The lowest BCUT2D eigenvalue weighted by Crippen LogP contribution is -2.47. The second-order valence-corrected chi connectivity index (χ2v) is 8.26. The molecule has 0 aromatic carbocycles. The highest BCUT2D eigenvalue weighted by molar-refractivity contribution is 7.89. The summed E-state index contributed by atoms with van der Waals surface area (Å²) in [5.74, 6) is -0.509. The largest absolute Gasteiger partial charge is 0.435 e. The first-order valence-corrected chi connectivity index (χ1v) is 8.80. The number of primary sulfonamides is 1. The zero-order valence-corrected chi connectivity index (χ0v) is 14.3. The number of carbonyl (C=O) groups is 1. The van der Waals surface area contributed by atoms with Gasteiger partial charge in [-0.2, -0.15) is 18.3 Å². The van der Waals surface area contributed by atoms with Crippen LogP contribution in [0, 0.1) is 6.92 Å². The molecule has 1 aromatic rings. The molecule has 1 aromatic heterocycles. The number of rotatable bonds is 3. The number of alkyl halides is 3. The van der Waals surface area contributed by atoms with E-state index in [1.807, 2.05) is 0 Å². The van der Waals surface area contributed by atoms with Crippen molar-refractivity contribution in [2.24, 2.45) is 5.14 Å². The number of nitrogens with zero attached hydrogens (tertiary/aromatic N) is 3. The molecule has 1 atom stereocenters. The van der Waals surface area contributed by atoms with E-state index in [2.05, 4.69) is 5.10 Å². The number of likely N-dealkylation sites (tertiary alicyclic amines) is 1. The average molecular weight is 368 g/mol. The normalized spacial score (nSPS) is 19.8. The van der Waals surface area contributed by atoms with Crippen molar-refractivity contribution in [3.05, 3.63) is 17.5 Å². The zero-order valence-electron chi connectivity index (χ0n) is 13.5. The van der Waals surface area contributed by atoms with Gasteiger partial charge in [0.1, 0.15) is 5.54 Å². The molecule has 1 fully saturated rings. The number of sulfonamides is 1. The fraction of sp³-hybridized carbons (Fsp3) is 0.692. The number of carbonyl (C=O) groups excluding carboxylic acids is 1. The van der Waals surface area contributed by atoms with Crippen molar-refractivity contribution in [1.29, 1.82) is 0 Å². The molecule has 0 spiro atoms. The Labute approximate surface area is 137 Å². The van der Waals surface area contributed by atoms with E-state index in [1.165, 1.54) is 25.7 Å². The predicted molar refractivity (Wildman–Crippen MR) is 79.4 cm³/mol. The van der Waals surface area contributed by atoms with E-state index in [1.54, 1.807) is 0 Å². The zero-order chi connectivity index (χ0) is 18.5. The summed E-state index contributed by atoms with van der Waals surface area (Å²) in [6.45, 7) is 4.24. The minimum Gasteiger partial charge on any atom is -0.339 e. The summed E-state index contributed by atoms with van der Waals surface area (Å²) in [6, 6.07) is 0. The Morgan fingerprint density at radius 2 is 1.96 bits per heavy atom. The number of hydrogen-bond donors (Lipinski definition) is 1. The highest BCUT2D eigenvalue weighted by Gasteiger charge is 2.43. The lowest BCUT2D eigenvalue weighted by atomic mass is 10.0. The maximum absolute atomic E-state index is 12.9. The summed E-state index contributed by atoms with van der Waals surface area (Å²) in [4.78, 5) is 13.9. The summed E-state index contributed by atoms with van der Waals surface area (Å²) < 4.78 is 62.4. The predicted octanol–water partition coefficient (Wildman–Crippen LogP) is 0.835. The van der Waals surface area contributed by atoms with Crippen LogP contribution in [0.25, 0.3) is 0 Å². The Kier molecular flexibility index (Phi) is 4.47. The third-order valence-corrected chi connectivity index (χ3v) is 5.47. The van der Waals surface area contributed by atoms with Crippen LogP contribution in [0.5, 0.6) is 0 Å². The molecular formula is C13H19F3N4O3S. The van der Waals surface area contributed by atoms with Gasteiger partial charge in [0, 0.05) is 19.3 Å². The van der Waals surface area contributed by atoms with Crippen molar-refractivity contribution in [2.75, 3.05) is 13.1 Å². The van der Waals surface area contributed by atoms with Gasteiger partial charge in [-0.15, -0.1) is 0 Å². The van der Waals surface area contributed by atoms with Gasteiger partial charge in [0.05, 0.1) is 5.25 Å². The monoisotopic (exact) mass is 368 g/mol. The molecule has 0 radical (unpaired) electrons. The number of halogens is 3. The van der Waals surface area contributed by atoms with Gasteiger partial charge in [-0.1, -0.05) is 0 Å². The molecule has 7 nitrogen and oxygen atoms in total. The number of nitrogens with two attached hydrogens (primary N) is 1. The topological polar surface area (TPSA) is 98.3 Å². The molecule has 1 saturated heterocycles. The molecule has 136 valence electrons. The second kappa shape index (κ2) is 5.73. The van der Waals surface area contributed by atoms with Crippen LogP contribution in [-0.2, 0) is 26.5 Å². The Morgan fingerprint density at radius 1 is 1.38 bits per heavy atom. The van der Waals surface area contributed by atoms with Gasteiger partial charge < -0.3 is 4.90 Å². The maximum Gasteiger partial charge on any atom is 0.435 e. The first-order valence-electron chi connectivity index (χ1n) is 7.19. The minimum atomic E-state index is -4.61. The van der Waals surface area contributed by atoms with Crippen molar-refractivity contribution in [2.45, 2.75) is 44.2 Å². The standard InChI is InChI=1S/C13H19F3N4O3S/c1-8-6-20(18-10(8)13(14,15)16)12(2,3)11(21)19-5-4-9(7-19)24(17,22)23/h6,9H,4-5,7H2,1-3H3,(H2,17,22,23). The van der Waals surface area contributed by atoms with Crippen molar-refractivity contribution in [1.82, 2.24) is 14.7 Å². The van der Waals surface area contributed by atoms with Crippen molar-refractivity contribution < 1.29 is 26.4 Å². The molecular weight excluding hydrogens is 349 g/mol. The lowest BCUT2D eigenvalue weighted by molar-refractivity contribution is -0.144. The SMILES string of the molecule is Cc1cn(C(C)(C)C(=O)N2CCC(S(N)(=O)=O)C2)nc1C(F)(F)F. The van der Waals surface area contributed by atoms with Gasteiger partial charge in [-0.3, -0.25) is 9.48 Å². The molecule has 1 unspecified atom stereocenters. The summed E-state index contributed by atoms with van der Waals surface area (Å²) in [5, 5.41) is 7.74. The summed E-state index contributed by atoms with van der Waals surface area (Å²) >= 11 is 0. The molecule has 0 aliphatic carbocycles. The van der Waals surface area contributed by atoms with E-state index in [-0.39, 0.29) is 25.1 Å². The first kappa shape index (κ1) is 18.7. The average Bonchev–Trinajstić information content (AvgIpc) is 3.02. The molecule has 1 amide bonds. The van der Waals surface area contributed by atoms with Gasteiger partial charge in [0.15, 0.2) is 5.69 Å². The third kappa shape index (κ3) is 3.41. The van der Waals surface area contributed by atoms with Crippen LogP contribution in [0.4, 0.5) is 13.2 Å². The van der Waals surface area contributed by atoms with Gasteiger partial charge in [0.2, 0.25) is 15.9 Å². The molecule has 2 rings (SSSR count). The summed E-state index contributed by atoms with van der Waals surface area (Å²) in [5.41, 5.74) is -2.53. The van der Waals surface area contributed by atoms with Gasteiger partial charge >= 0.3 is 6.18 Å². The van der Waals surface area contributed by atoms with Crippen LogP contribution >= 0.6 is 0 Å². The molecule has 24 heavy (non-hydrogen) atoms. The second-order valence-electron chi connectivity index (χ2n) is 6.41. The number of aryl methyl sites for hydroxylation is 1. The molecule has 2 N–H and O–H groups in total. The maximum atomic E-state index is 12.9. The van der Waals surface area contributed by atoms with E-state index < -0.39 is 38.6 Å². The van der Waals surface area contributed by atoms with Crippen LogP contribution in [0.2, 0.25) is 0 Å². The summed E-state index contributed by atoms with van der Waals surface area (Å²) in [7, 11) is -3.77. The molecule has 11 heteroatoms. The number of aromatic nitrogens is 2. The van der Waals surface area contributed by atoms with Gasteiger partial charge in [-0.25, -0.2) is 13.6 Å². The Bertz CT molecular complexity index is 755. The quantitative estimate of drug-likeness (QED) is 0.854. The molecule has 1 aliphatic heterocycles. The van der Waals surface area contributed by atoms with E-state index in [9.17, 15) is 26.4 Å². The van der Waals surface area contributed by atoms with E-state index in [4.69, 9.17) is 5.14 Å². The van der Waals surface area contributed by atoms with E-state index in [0.717, 1.165) is 10.9 Å². The summed E-state index contributed by atoms with van der Waals surface area (Å²) in [6.07, 6.45) is -3.25.